The van der Waals surface area contributed by atoms with Crippen molar-refractivity contribution in [1.82, 2.24) is 20.5 Å². The van der Waals surface area contributed by atoms with Crippen LogP contribution in [0.1, 0.15) is 41.1 Å². The van der Waals surface area contributed by atoms with E-state index >= 15 is 0 Å². The highest BCUT2D eigenvalue weighted by Crippen LogP contribution is 2.51. The summed E-state index contributed by atoms with van der Waals surface area (Å²) in [6.45, 7) is 6.28. The van der Waals surface area contributed by atoms with Gasteiger partial charge in [-0.3, -0.25) is 9.88 Å². The van der Waals surface area contributed by atoms with Crippen LogP contribution in [0.25, 0.3) is 22.0 Å². The van der Waals surface area contributed by atoms with Gasteiger partial charge in [0, 0.05) is 24.2 Å². The molecule has 1 unspecified atom stereocenters. The van der Waals surface area contributed by atoms with Crippen LogP contribution in [0.4, 0.5) is 0 Å². The maximum Gasteiger partial charge on any atom is 0.168 e. The number of methoxy groups -OCH3 is 1. The van der Waals surface area contributed by atoms with E-state index in [1.54, 1.807) is 7.11 Å². The Morgan fingerprint density at radius 2 is 1.70 bits per heavy atom. The number of piperidine rings is 3. The summed E-state index contributed by atoms with van der Waals surface area (Å²) in [4.78, 5) is 7.37. The summed E-state index contributed by atoms with van der Waals surface area (Å²) in [5, 5.41) is 9.56. The Kier molecular flexibility index (Phi) is 7.35. The third kappa shape index (κ3) is 4.62. The minimum absolute atomic E-state index is 0.0640. The quantitative estimate of drug-likeness (QED) is 0.144. The minimum Gasteiger partial charge on any atom is -0.497 e. The van der Waals surface area contributed by atoms with Gasteiger partial charge in [-0.2, -0.15) is 0 Å². The van der Waals surface area contributed by atoms with Gasteiger partial charge in [0.2, 0.25) is 0 Å². The molecule has 6 heteroatoms. The molecule has 5 atom stereocenters. The van der Waals surface area contributed by atoms with Crippen molar-refractivity contribution in [3.05, 3.63) is 144 Å². The predicted molar refractivity (Wildman–Crippen MR) is 190 cm³/mol. The van der Waals surface area contributed by atoms with Crippen molar-refractivity contribution in [2.75, 3.05) is 20.2 Å². The molecule has 4 aromatic carbocycles. The Labute approximate surface area is 276 Å². The summed E-state index contributed by atoms with van der Waals surface area (Å²) < 4.78 is 5.67. The van der Waals surface area contributed by atoms with Crippen LogP contribution in [0.15, 0.2) is 122 Å². The fourth-order valence-electron chi connectivity index (χ4n) is 8.44. The first-order valence-corrected chi connectivity index (χ1v) is 16.6. The minimum atomic E-state index is -0.646. The van der Waals surface area contributed by atoms with Crippen LogP contribution in [0.2, 0.25) is 0 Å². The first-order valence-electron chi connectivity index (χ1n) is 16.2. The van der Waals surface area contributed by atoms with Crippen molar-refractivity contribution >= 4 is 28.2 Å². The van der Waals surface area contributed by atoms with E-state index < -0.39 is 5.54 Å². The van der Waals surface area contributed by atoms with Crippen LogP contribution in [0.3, 0.4) is 0 Å². The molecule has 1 aromatic heterocycles. The lowest BCUT2D eigenvalue weighted by molar-refractivity contribution is 0.00425. The number of nitrogens with one attached hydrogen (secondary N) is 2. The van der Waals surface area contributed by atoms with Gasteiger partial charge in [-0.05, 0) is 101 Å². The zero-order valence-electron chi connectivity index (χ0n) is 26.0. The summed E-state index contributed by atoms with van der Waals surface area (Å²) in [5.74, 6) is 1.96. The predicted octanol–water partition coefficient (Wildman–Crippen LogP) is 7.62. The molecule has 2 N–H and O–H groups in total. The van der Waals surface area contributed by atoms with E-state index in [2.05, 4.69) is 119 Å². The van der Waals surface area contributed by atoms with Crippen LogP contribution in [-0.4, -0.2) is 41.2 Å². The van der Waals surface area contributed by atoms with E-state index in [0.717, 1.165) is 41.7 Å². The Balaban J connectivity index is 1.24. The molecule has 2 bridgehead atoms. The lowest BCUT2D eigenvalue weighted by Gasteiger charge is -2.52. The number of thiocarbonyl (C=S) groups is 1. The normalized spacial score (nSPS) is 22.8. The summed E-state index contributed by atoms with van der Waals surface area (Å²) in [6.07, 6.45) is 6.37. The number of rotatable bonds is 7. The van der Waals surface area contributed by atoms with Crippen LogP contribution >= 0.6 is 12.2 Å². The van der Waals surface area contributed by atoms with Crippen molar-refractivity contribution in [3.8, 4) is 16.9 Å². The molecule has 1 aliphatic carbocycles. The van der Waals surface area contributed by atoms with E-state index in [1.807, 2.05) is 18.3 Å². The second-order valence-electron chi connectivity index (χ2n) is 12.8. The third-order valence-electron chi connectivity index (χ3n) is 10.6. The fourth-order valence-corrected chi connectivity index (χ4v) is 8.72. The van der Waals surface area contributed by atoms with Gasteiger partial charge in [0.1, 0.15) is 11.3 Å². The van der Waals surface area contributed by atoms with E-state index in [9.17, 15) is 0 Å². The lowest BCUT2D eigenvalue weighted by Crippen LogP contribution is -2.59. The number of hydrogen-bond acceptors (Lipinski definition) is 4. The number of aromatic nitrogens is 1. The molecule has 9 rings (SSSR count). The summed E-state index contributed by atoms with van der Waals surface area (Å²) in [6, 6.07) is 36.6. The fraction of sp³-hybridized carbons (Fsp3) is 0.250. The Bertz CT molecular complexity index is 1900. The number of ether oxygens (including phenoxy) is 1. The van der Waals surface area contributed by atoms with Gasteiger partial charge in [0.15, 0.2) is 5.11 Å². The molecule has 0 radical (unpaired) electrons. The van der Waals surface area contributed by atoms with Gasteiger partial charge in [-0.15, -0.1) is 6.58 Å². The second-order valence-corrected chi connectivity index (χ2v) is 13.2. The SMILES string of the molecule is C=C[C@H]1CN2CC[C@H]1C[C@@H]2[C@H](NC(=S)NC1(c2ccccc2)c2ccccc2-c2ccccc21)c1ccnc2ccc(OC)cc12. The molecule has 3 aliphatic heterocycles. The molecule has 5 nitrogen and oxygen atoms in total. The second kappa shape index (κ2) is 11.7. The molecular weight excluding hydrogens is 585 g/mol. The molecule has 0 spiro atoms. The Morgan fingerprint density at radius 3 is 2.37 bits per heavy atom. The van der Waals surface area contributed by atoms with Gasteiger partial charge in [-0.1, -0.05) is 84.9 Å². The van der Waals surface area contributed by atoms with Crippen LogP contribution in [0, 0.1) is 11.8 Å². The van der Waals surface area contributed by atoms with Crippen molar-refractivity contribution < 1.29 is 4.74 Å². The lowest BCUT2D eigenvalue weighted by atomic mass is 9.73. The number of nitrogens with zero attached hydrogens (tertiary/aromatic N) is 2. The zero-order valence-corrected chi connectivity index (χ0v) is 26.8. The average Bonchev–Trinajstić information content (AvgIpc) is 3.40. The van der Waals surface area contributed by atoms with Gasteiger partial charge < -0.3 is 15.4 Å². The highest BCUT2D eigenvalue weighted by Gasteiger charge is 2.47. The van der Waals surface area contributed by atoms with Crippen LogP contribution in [-0.2, 0) is 5.54 Å². The smallest absolute Gasteiger partial charge is 0.168 e. The maximum atomic E-state index is 6.37. The number of hydrogen-bond donors (Lipinski definition) is 2. The molecule has 5 aromatic rings. The summed E-state index contributed by atoms with van der Waals surface area (Å²) in [5.41, 5.74) is 7.51. The molecule has 4 heterocycles. The molecule has 0 saturated carbocycles. The molecule has 230 valence electrons. The summed E-state index contributed by atoms with van der Waals surface area (Å²) >= 11 is 6.37. The van der Waals surface area contributed by atoms with E-state index in [-0.39, 0.29) is 12.1 Å². The topological polar surface area (TPSA) is 49.4 Å². The van der Waals surface area contributed by atoms with E-state index in [1.165, 1.54) is 34.2 Å². The van der Waals surface area contributed by atoms with Crippen molar-refractivity contribution in [2.24, 2.45) is 11.8 Å². The monoisotopic (exact) mass is 622 g/mol. The molecule has 3 saturated heterocycles. The molecule has 4 aliphatic rings. The van der Waals surface area contributed by atoms with Crippen molar-refractivity contribution in [2.45, 2.75) is 30.5 Å². The van der Waals surface area contributed by atoms with Crippen LogP contribution in [0.5, 0.6) is 5.75 Å². The first kappa shape index (κ1) is 28.9. The van der Waals surface area contributed by atoms with Gasteiger partial charge >= 0.3 is 0 Å². The number of benzene rings is 4. The summed E-state index contributed by atoms with van der Waals surface area (Å²) in [7, 11) is 1.72. The third-order valence-corrected chi connectivity index (χ3v) is 10.8. The number of fused-ring (bicyclic) bond motifs is 7. The molecule has 0 amide bonds. The van der Waals surface area contributed by atoms with Crippen molar-refractivity contribution in [1.29, 1.82) is 0 Å². The Hall–Kier alpha value is -4.52. The molecule has 3 fully saturated rings. The van der Waals surface area contributed by atoms with E-state index in [4.69, 9.17) is 21.9 Å². The zero-order chi connectivity index (χ0) is 31.3. The standard InChI is InChI=1S/C40H38N4OS/c1-3-26-25-44-22-20-27(26)23-37(44)38(32-19-21-41-36-18-17-29(45-2)24-33(32)36)42-39(46)43-40(28-11-5-4-6-12-28)34-15-9-7-13-30(34)31-14-8-10-16-35(31)40/h3-19,21,24,26-27,37-38H,1,20,22-23,25H2,2H3,(H2,42,43,46)/t26-,27-,37+,38+/m0/s1. The maximum absolute atomic E-state index is 6.37. The Morgan fingerprint density at radius 1 is 0.978 bits per heavy atom. The highest BCUT2D eigenvalue weighted by atomic mass is 32.1. The van der Waals surface area contributed by atoms with Crippen LogP contribution < -0.4 is 15.4 Å². The number of pyridine rings is 1. The van der Waals surface area contributed by atoms with Gasteiger partial charge in [-0.25, -0.2) is 0 Å². The van der Waals surface area contributed by atoms with Gasteiger partial charge in [0.25, 0.3) is 0 Å². The largest absolute Gasteiger partial charge is 0.497 e. The van der Waals surface area contributed by atoms with Gasteiger partial charge in [0.05, 0.1) is 18.7 Å². The average molecular weight is 623 g/mol. The molecule has 46 heavy (non-hydrogen) atoms. The van der Waals surface area contributed by atoms with E-state index in [0.29, 0.717) is 16.9 Å². The molecular formula is C40H38N4OS. The van der Waals surface area contributed by atoms with Crippen molar-refractivity contribution in [3.63, 3.8) is 0 Å². The highest BCUT2D eigenvalue weighted by molar-refractivity contribution is 7.80. The first-order chi connectivity index (χ1) is 22.6.